The van der Waals surface area contributed by atoms with Crippen LogP contribution in [0.1, 0.15) is 24.4 Å². The van der Waals surface area contributed by atoms with Crippen LogP contribution in [0.25, 0.3) is 0 Å². The minimum Gasteiger partial charge on any atom is -0.304 e. The van der Waals surface area contributed by atoms with E-state index >= 15 is 0 Å². The van der Waals surface area contributed by atoms with Crippen LogP contribution in [0.4, 0.5) is 0 Å². The average Bonchev–Trinajstić information content (AvgIpc) is 2.05. The molecule has 12 heavy (non-hydrogen) atoms. The van der Waals surface area contributed by atoms with Gasteiger partial charge in [-0.3, -0.25) is 9.97 Å². The Morgan fingerprint density at radius 2 is 2.08 bits per heavy atom. The smallest absolute Gasteiger partial charge is 0.0805 e. The Kier molecular flexibility index (Phi) is 3.13. The summed E-state index contributed by atoms with van der Waals surface area (Å²) in [5.74, 6) is 0. The van der Waals surface area contributed by atoms with Gasteiger partial charge in [0.15, 0.2) is 0 Å². The largest absolute Gasteiger partial charge is 0.304 e. The second-order valence-corrected chi connectivity index (χ2v) is 2.57. The summed E-state index contributed by atoms with van der Waals surface area (Å²) < 4.78 is 0. The Labute approximate surface area is 71.9 Å². The first-order valence-corrected chi connectivity index (χ1v) is 3.81. The van der Waals surface area contributed by atoms with Crippen LogP contribution in [0.15, 0.2) is 12.4 Å². The van der Waals surface area contributed by atoms with Crippen molar-refractivity contribution in [2.24, 2.45) is 0 Å². The third-order valence-corrected chi connectivity index (χ3v) is 1.62. The lowest BCUT2D eigenvalue weighted by atomic mass is 10.2. The van der Waals surface area contributed by atoms with E-state index in [1.165, 1.54) is 0 Å². The predicted molar refractivity (Wildman–Crippen MR) is 45.3 cm³/mol. The van der Waals surface area contributed by atoms with Crippen LogP contribution >= 0.6 is 0 Å². The predicted octanol–water partition coefficient (Wildman–Crippen LogP) is 0.997. The molecule has 0 saturated carbocycles. The second-order valence-electron chi connectivity index (χ2n) is 2.57. The third-order valence-electron chi connectivity index (χ3n) is 1.62. The Hall–Kier alpha value is -1.00. The number of hydroxylamine groups is 1. The van der Waals surface area contributed by atoms with Crippen LogP contribution in [-0.4, -0.2) is 17.1 Å². The van der Waals surface area contributed by atoms with Crippen molar-refractivity contribution in [2.45, 2.75) is 19.9 Å². The number of hydrogen-bond acceptors (Lipinski definition) is 4. The fourth-order valence-corrected chi connectivity index (χ4v) is 1.08. The molecule has 0 aromatic carbocycles. The maximum absolute atomic E-state index is 4.80. The van der Waals surface area contributed by atoms with Crippen molar-refractivity contribution in [1.82, 2.24) is 15.4 Å². The van der Waals surface area contributed by atoms with Crippen LogP contribution in [-0.2, 0) is 4.84 Å². The van der Waals surface area contributed by atoms with Crippen molar-refractivity contribution in [2.75, 3.05) is 7.11 Å². The van der Waals surface area contributed by atoms with Crippen molar-refractivity contribution >= 4 is 0 Å². The maximum atomic E-state index is 4.80. The molecule has 1 N–H and O–H groups in total. The van der Waals surface area contributed by atoms with Gasteiger partial charge >= 0.3 is 0 Å². The first-order valence-electron chi connectivity index (χ1n) is 3.81. The van der Waals surface area contributed by atoms with Crippen LogP contribution in [0.5, 0.6) is 0 Å². The molecular formula is C8H13N3O. The van der Waals surface area contributed by atoms with E-state index in [1.54, 1.807) is 19.5 Å². The van der Waals surface area contributed by atoms with E-state index in [0.29, 0.717) is 0 Å². The van der Waals surface area contributed by atoms with E-state index < -0.39 is 0 Å². The van der Waals surface area contributed by atoms with Gasteiger partial charge in [-0.15, -0.1) is 0 Å². The van der Waals surface area contributed by atoms with Crippen molar-refractivity contribution in [3.63, 3.8) is 0 Å². The standard InChI is InChI=1S/C8H13N3O/c1-6-8(7(2)11-12-3)10-5-4-9-6/h4-5,7,11H,1-3H3. The third kappa shape index (κ3) is 1.99. The number of hydrogen-bond donors (Lipinski definition) is 1. The fourth-order valence-electron chi connectivity index (χ4n) is 1.08. The molecule has 0 bridgehead atoms. The lowest BCUT2D eigenvalue weighted by Gasteiger charge is -2.11. The molecule has 4 nitrogen and oxygen atoms in total. The number of rotatable bonds is 3. The fraction of sp³-hybridized carbons (Fsp3) is 0.500. The van der Waals surface area contributed by atoms with Gasteiger partial charge in [-0.05, 0) is 13.8 Å². The zero-order chi connectivity index (χ0) is 8.97. The van der Waals surface area contributed by atoms with Gasteiger partial charge in [0.05, 0.1) is 24.5 Å². The topological polar surface area (TPSA) is 47.0 Å². The van der Waals surface area contributed by atoms with E-state index in [2.05, 4.69) is 15.4 Å². The highest BCUT2D eigenvalue weighted by Gasteiger charge is 2.08. The molecule has 1 unspecified atom stereocenters. The quantitative estimate of drug-likeness (QED) is 0.682. The molecule has 0 aliphatic rings. The number of aryl methyl sites for hydroxylation is 1. The molecular weight excluding hydrogens is 154 g/mol. The van der Waals surface area contributed by atoms with Gasteiger partial charge < -0.3 is 4.84 Å². The summed E-state index contributed by atoms with van der Waals surface area (Å²) in [6.07, 6.45) is 3.36. The van der Waals surface area contributed by atoms with Crippen LogP contribution in [0.2, 0.25) is 0 Å². The van der Waals surface area contributed by atoms with Crippen molar-refractivity contribution in [3.8, 4) is 0 Å². The average molecular weight is 167 g/mol. The van der Waals surface area contributed by atoms with Crippen molar-refractivity contribution in [1.29, 1.82) is 0 Å². The molecule has 4 heteroatoms. The minimum absolute atomic E-state index is 0.0729. The Morgan fingerprint density at radius 1 is 1.42 bits per heavy atom. The number of aromatic nitrogens is 2. The van der Waals surface area contributed by atoms with E-state index in [-0.39, 0.29) is 6.04 Å². The minimum atomic E-state index is 0.0729. The van der Waals surface area contributed by atoms with E-state index in [4.69, 9.17) is 4.84 Å². The molecule has 0 fully saturated rings. The lowest BCUT2D eigenvalue weighted by Crippen LogP contribution is -2.19. The summed E-state index contributed by atoms with van der Waals surface area (Å²) in [7, 11) is 1.59. The number of nitrogens with zero attached hydrogens (tertiary/aromatic N) is 2. The Balaban J connectivity index is 2.79. The lowest BCUT2D eigenvalue weighted by molar-refractivity contribution is 0.0644. The number of nitrogens with one attached hydrogen (secondary N) is 1. The summed E-state index contributed by atoms with van der Waals surface area (Å²) in [6.45, 7) is 3.90. The molecule has 0 aliphatic heterocycles. The monoisotopic (exact) mass is 167 g/mol. The molecule has 1 aromatic heterocycles. The maximum Gasteiger partial charge on any atom is 0.0805 e. The summed E-state index contributed by atoms with van der Waals surface area (Å²) in [6, 6.07) is 0.0729. The van der Waals surface area contributed by atoms with Gasteiger partial charge in [0.1, 0.15) is 0 Å². The molecule has 1 heterocycles. The molecule has 1 aromatic rings. The first-order chi connectivity index (χ1) is 5.75. The van der Waals surface area contributed by atoms with Crippen LogP contribution in [0.3, 0.4) is 0 Å². The van der Waals surface area contributed by atoms with Crippen molar-refractivity contribution < 1.29 is 4.84 Å². The van der Waals surface area contributed by atoms with Gasteiger partial charge in [0.2, 0.25) is 0 Å². The van der Waals surface area contributed by atoms with Crippen molar-refractivity contribution in [3.05, 3.63) is 23.8 Å². The summed E-state index contributed by atoms with van der Waals surface area (Å²) in [5.41, 5.74) is 4.64. The molecule has 0 saturated heterocycles. The molecule has 0 radical (unpaired) electrons. The van der Waals surface area contributed by atoms with Gasteiger partial charge in [-0.25, -0.2) is 0 Å². The molecule has 0 spiro atoms. The zero-order valence-electron chi connectivity index (χ0n) is 7.53. The highest BCUT2D eigenvalue weighted by Crippen LogP contribution is 2.10. The SMILES string of the molecule is CONC(C)c1nccnc1C. The van der Waals surface area contributed by atoms with Gasteiger partial charge in [0.25, 0.3) is 0 Å². The molecule has 66 valence electrons. The summed E-state index contributed by atoms with van der Waals surface area (Å²) in [4.78, 5) is 13.1. The van der Waals surface area contributed by atoms with Gasteiger partial charge in [-0.2, -0.15) is 5.48 Å². The first kappa shape index (κ1) is 9.09. The van der Waals surface area contributed by atoms with Gasteiger partial charge in [-0.1, -0.05) is 0 Å². The normalized spacial score (nSPS) is 12.9. The molecule has 0 aliphatic carbocycles. The zero-order valence-corrected chi connectivity index (χ0v) is 7.53. The van der Waals surface area contributed by atoms with E-state index in [1.807, 2.05) is 13.8 Å². The Bertz CT molecular complexity index is 252. The van der Waals surface area contributed by atoms with E-state index in [9.17, 15) is 0 Å². The highest BCUT2D eigenvalue weighted by atomic mass is 16.6. The highest BCUT2D eigenvalue weighted by molar-refractivity contribution is 5.11. The van der Waals surface area contributed by atoms with Crippen LogP contribution < -0.4 is 5.48 Å². The van der Waals surface area contributed by atoms with Crippen LogP contribution in [0, 0.1) is 6.92 Å². The van der Waals surface area contributed by atoms with E-state index in [0.717, 1.165) is 11.4 Å². The second kappa shape index (κ2) is 4.13. The molecule has 0 amide bonds. The molecule has 1 atom stereocenters. The summed E-state index contributed by atoms with van der Waals surface area (Å²) >= 11 is 0. The summed E-state index contributed by atoms with van der Waals surface area (Å²) in [5, 5.41) is 0. The van der Waals surface area contributed by atoms with Gasteiger partial charge in [0, 0.05) is 12.4 Å². The molecule has 1 rings (SSSR count). The Morgan fingerprint density at radius 3 is 2.67 bits per heavy atom.